The van der Waals surface area contributed by atoms with Crippen LogP contribution in [0.2, 0.25) is 0 Å². The zero-order valence-electron chi connectivity index (χ0n) is 23.1. The van der Waals surface area contributed by atoms with Gasteiger partial charge in [0.25, 0.3) is 0 Å². The predicted octanol–water partition coefficient (Wildman–Crippen LogP) is 9.11. The summed E-state index contributed by atoms with van der Waals surface area (Å²) in [6.07, 6.45) is 27.0. The van der Waals surface area contributed by atoms with E-state index in [1.54, 1.807) is 0 Å². The molecular weight excluding hydrogens is 424 g/mol. The van der Waals surface area contributed by atoms with Crippen LogP contribution >= 0.6 is 0 Å². The highest BCUT2D eigenvalue weighted by Crippen LogP contribution is 2.14. The summed E-state index contributed by atoms with van der Waals surface area (Å²) < 4.78 is 10.5. The molecule has 4 nitrogen and oxygen atoms in total. The van der Waals surface area contributed by atoms with E-state index in [0.29, 0.717) is 6.61 Å². The summed E-state index contributed by atoms with van der Waals surface area (Å²) in [4.78, 5) is 23.5. The Morgan fingerprint density at radius 1 is 0.588 bits per heavy atom. The third-order valence-corrected chi connectivity index (χ3v) is 6.51. The van der Waals surface area contributed by atoms with Gasteiger partial charge in [-0.05, 0) is 18.8 Å². The lowest BCUT2D eigenvalue weighted by Crippen LogP contribution is -2.21. The predicted molar refractivity (Wildman–Crippen MR) is 144 cm³/mol. The summed E-state index contributed by atoms with van der Waals surface area (Å²) in [5, 5.41) is 0. The fourth-order valence-electron chi connectivity index (χ4n) is 4.24. The van der Waals surface area contributed by atoms with Gasteiger partial charge in [0.2, 0.25) is 0 Å². The van der Waals surface area contributed by atoms with Gasteiger partial charge < -0.3 is 9.47 Å². The molecule has 0 spiro atoms. The van der Waals surface area contributed by atoms with Gasteiger partial charge in [0, 0.05) is 12.2 Å². The first kappa shape index (κ1) is 32.7. The lowest BCUT2D eigenvalue weighted by atomic mass is 10.0. The van der Waals surface area contributed by atoms with Crippen LogP contribution in [0, 0.1) is 5.92 Å². The maximum atomic E-state index is 11.8. The van der Waals surface area contributed by atoms with Crippen molar-refractivity contribution in [3.05, 3.63) is 12.2 Å². The zero-order chi connectivity index (χ0) is 25.3. The minimum atomic E-state index is -0.481. The molecular formula is C30H56O4. The molecule has 0 bridgehead atoms. The van der Waals surface area contributed by atoms with Crippen molar-refractivity contribution in [2.75, 3.05) is 6.61 Å². The summed E-state index contributed by atoms with van der Waals surface area (Å²) in [5.74, 6) is -0.689. The monoisotopic (exact) mass is 480 g/mol. The van der Waals surface area contributed by atoms with Crippen molar-refractivity contribution in [3.63, 3.8) is 0 Å². The first-order valence-corrected chi connectivity index (χ1v) is 14.6. The Kier molecular flexibility index (Phi) is 23.8. The van der Waals surface area contributed by atoms with Crippen molar-refractivity contribution in [2.45, 2.75) is 156 Å². The highest BCUT2D eigenvalue weighted by Gasteiger charge is 2.14. The normalized spacial score (nSPS) is 12.4. The second-order valence-corrected chi connectivity index (χ2v) is 10.1. The molecule has 0 aliphatic carbocycles. The number of carbonyl (C=O) groups is 2. The Bertz CT molecular complexity index is 498. The third kappa shape index (κ3) is 22.5. The Morgan fingerprint density at radius 2 is 0.971 bits per heavy atom. The number of hydrogen-bond donors (Lipinski definition) is 0. The number of hydrogen-bond acceptors (Lipinski definition) is 4. The molecule has 0 radical (unpaired) electrons. The molecule has 0 N–H and O–H groups in total. The summed E-state index contributed by atoms with van der Waals surface area (Å²) in [7, 11) is 0. The van der Waals surface area contributed by atoms with Crippen molar-refractivity contribution in [2.24, 2.45) is 5.92 Å². The Hall–Kier alpha value is -1.32. The van der Waals surface area contributed by atoms with Crippen molar-refractivity contribution >= 4 is 11.9 Å². The van der Waals surface area contributed by atoms with E-state index in [1.807, 2.05) is 20.8 Å². The van der Waals surface area contributed by atoms with E-state index in [1.165, 1.54) is 115 Å². The number of rotatable bonds is 24. The van der Waals surface area contributed by atoms with E-state index < -0.39 is 11.9 Å². The molecule has 0 amide bonds. The molecule has 200 valence electrons. The van der Waals surface area contributed by atoms with Crippen molar-refractivity contribution in [3.8, 4) is 0 Å². The van der Waals surface area contributed by atoms with Gasteiger partial charge in [-0.15, -0.1) is 0 Å². The summed E-state index contributed by atoms with van der Waals surface area (Å²) in [6, 6.07) is 0. The second kappa shape index (κ2) is 24.8. The van der Waals surface area contributed by atoms with E-state index in [0.717, 1.165) is 19.3 Å². The summed E-state index contributed by atoms with van der Waals surface area (Å²) in [6.45, 7) is 8.70. The Labute approximate surface area is 211 Å². The van der Waals surface area contributed by atoms with E-state index in [4.69, 9.17) is 9.47 Å². The van der Waals surface area contributed by atoms with Gasteiger partial charge in [0.05, 0.1) is 6.61 Å². The van der Waals surface area contributed by atoms with Crippen LogP contribution in [-0.4, -0.2) is 24.6 Å². The molecule has 0 aromatic rings. The van der Waals surface area contributed by atoms with Crippen LogP contribution in [0.4, 0.5) is 0 Å². The van der Waals surface area contributed by atoms with Crippen LogP contribution in [0.15, 0.2) is 12.2 Å². The highest BCUT2D eigenvalue weighted by atomic mass is 16.5. The van der Waals surface area contributed by atoms with Crippen LogP contribution < -0.4 is 0 Å². The maximum absolute atomic E-state index is 11.8. The van der Waals surface area contributed by atoms with Gasteiger partial charge >= 0.3 is 11.9 Å². The molecule has 0 aromatic carbocycles. The molecule has 0 aliphatic rings. The van der Waals surface area contributed by atoms with E-state index >= 15 is 0 Å². The van der Waals surface area contributed by atoms with Gasteiger partial charge in [0.15, 0.2) is 0 Å². The van der Waals surface area contributed by atoms with Crippen molar-refractivity contribution < 1.29 is 19.1 Å². The van der Waals surface area contributed by atoms with Crippen LogP contribution in [0.25, 0.3) is 0 Å². The largest absolute Gasteiger partial charge is 0.463 e. The van der Waals surface area contributed by atoms with Crippen molar-refractivity contribution in [1.82, 2.24) is 0 Å². The minimum absolute atomic E-state index is 0.118. The lowest BCUT2D eigenvalue weighted by Gasteiger charge is -2.18. The van der Waals surface area contributed by atoms with E-state index in [2.05, 4.69) is 6.92 Å². The third-order valence-electron chi connectivity index (χ3n) is 6.51. The summed E-state index contributed by atoms with van der Waals surface area (Å²) >= 11 is 0. The quantitative estimate of drug-likeness (QED) is 0.0785. The number of unbranched alkanes of at least 4 members (excludes halogenated alkanes) is 17. The molecule has 0 fully saturated rings. The first-order chi connectivity index (χ1) is 16.5. The van der Waals surface area contributed by atoms with Gasteiger partial charge in [-0.3, -0.25) is 0 Å². The van der Waals surface area contributed by atoms with E-state index in [9.17, 15) is 9.59 Å². The number of ether oxygens (including phenoxy) is 2. The maximum Gasteiger partial charge on any atom is 0.331 e. The molecule has 0 saturated carbocycles. The average Bonchev–Trinajstić information content (AvgIpc) is 2.82. The molecule has 4 heteroatoms. The first-order valence-electron chi connectivity index (χ1n) is 14.6. The molecule has 34 heavy (non-hydrogen) atoms. The van der Waals surface area contributed by atoms with Gasteiger partial charge in [-0.2, -0.15) is 0 Å². The number of esters is 2. The molecule has 0 aliphatic heterocycles. The standard InChI is InChI=1S/C30H56O4/c1-5-7-8-9-10-11-12-13-14-15-16-17-18-19-20-21-22-23-26-33-29(31)24-25-30(32)34-28(6-2)27(3)4/h24-25,27-28H,5-23,26H2,1-4H3/b25-24+. The number of carbonyl (C=O) groups excluding carboxylic acids is 2. The summed E-state index contributed by atoms with van der Waals surface area (Å²) in [5.41, 5.74) is 0. The second-order valence-electron chi connectivity index (χ2n) is 10.1. The van der Waals surface area contributed by atoms with Crippen LogP contribution in [0.5, 0.6) is 0 Å². The smallest absolute Gasteiger partial charge is 0.331 e. The average molecular weight is 481 g/mol. The Morgan fingerprint density at radius 3 is 1.35 bits per heavy atom. The van der Waals surface area contributed by atoms with Gasteiger partial charge in [-0.25, -0.2) is 9.59 Å². The molecule has 0 rings (SSSR count). The molecule has 0 saturated heterocycles. The fourth-order valence-corrected chi connectivity index (χ4v) is 4.24. The SMILES string of the molecule is CCCCCCCCCCCCCCCCCCCCOC(=O)/C=C/C(=O)OC(CC)C(C)C. The molecule has 0 heterocycles. The molecule has 1 unspecified atom stereocenters. The van der Waals surface area contributed by atoms with Crippen molar-refractivity contribution in [1.29, 1.82) is 0 Å². The Balaban J connectivity index is 3.38. The molecule has 0 aromatic heterocycles. The van der Waals surface area contributed by atoms with Gasteiger partial charge in [-0.1, -0.05) is 137 Å². The highest BCUT2D eigenvalue weighted by molar-refractivity contribution is 5.91. The lowest BCUT2D eigenvalue weighted by molar-refractivity contribution is -0.146. The zero-order valence-corrected chi connectivity index (χ0v) is 23.1. The topological polar surface area (TPSA) is 52.6 Å². The van der Waals surface area contributed by atoms with Crippen LogP contribution in [0.1, 0.15) is 150 Å². The van der Waals surface area contributed by atoms with Crippen LogP contribution in [-0.2, 0) is 19.1 Å². The van der Waals surface area contributed by atoms with Crippen LogP contribution in [0.3, 0.4) is 0 Å². The van der Waals surface area contributed by atoms with Gasteiger partial charge in [0.1, 0.15) is 6.10 Å². The minimum Gasteiger partial charge on any atom is -0.463 e. The van der Waals surface area contributed by atoms with E-state index in [-0.39, 0.29) is 12.0 Å². The molecule has 1 atom stereocenters. The fraction of sp³-hybridized carbons (Fsp3) is 0.867.